The van der Waals surface area contributed by atoms with E-state index < -0.39 is 0 Å². The molecule has 0 saturated carbocycles. The van der Waals surface area contributed by atoms with Crippen molar-refractivity contribution in [3.05, 3.63) is 26.8 Å². The first kappa shape index (κ1) is 11.4. The molecule has 0 spiro atoms. The van der Waals surface area contributed by atoms with Gasteiger partial charge in [0.2, 0.25) is 0 Å². The van der Waals surface area contributed by atoms with Gasteiger partial charge >= 0.3 is 0 Å². The molecule has 14 heavy (non-hydrogen) atoms. The monoisotopic (exact) mass is 299 g/mol. The van der Waals surface area contributed by atoms with Crippen molar-refractivity contribution in [1.82, 2.24) is 0 Å². The summed E-state index contributed by atoms with van der Waals surface area (Å²) in [5.41, 5.74) is 8.69. The van der Waals surface area contributed by atoms with Crippen LogP contribution in [0.1, 0.15) is 31.9 Å². The molecule has 1 aromatic carbocycles. The summed E-state index contributed by atoms with van der Waals surface area (Å²) in [6.07, 6.45) is 5.40. The van der Waals surface area contributed by atoms with Crippen LogP contribution in [0.25, 0.3) is 0 Å². The summed E-state index contributed by atoms with van der Waals surface area (Å²) in [5.74, 6) is 2.62. The quantitative estimate of drug-likeness (QED) is 0.444. The highest BCUT2D eigenvalue weighted by atomic mass is 127. The Labute approximate surface area is 99.2 Å². The number of anilines is 1. The lowest BCUT2D eigenvalue weighted by Crippen LogP contribution is -2.12. The van der Waals surface area contributed by atoms with Crippen LogP contribution in [0.5, 0.6) is 0 Å². The maximum atomic E-state index is 5.86. The van der Waals surface area contributed by atoms with E-state index in [4.69, 9.17) is 12.2 Å². The van der Waals surface area contributed by atoms with Crippen LogP contribution >= 0.6 is 22.6 Å². The minimum Gasteiger partial charge on any atom is -0.397 e. The van der Waals surface area contributed by atoms with Crippen LogP contribution in [0.4, 0.5) is 5.69 Å². The van der Waals surface area contributed by atoms with Gasteiger partial charge in [-0.05, 0) is 45.7 Å². The molecule has 0 unspecified atom stereocenters. The van der Waals surface area contributed by atoms with Gasteiger partial charge in [0.25, 0.3) is 0 Å². The highest BCUT2D eigenvalue weighted by Gasteiger charge is 2.16. The van der Waals surface area contributed by atoms with Crippen molar-refractivity contribution in [2.75, 3.05) is 5.73 Å². The zero-order valence-corrected chi connectivity index (χ0v) is 10.8. The molecule has 1 nitrogen and oxygen atoms in total. The lowest BCUT2D eigenvalue weighted by Gasteiger charge is -2.20. The summed E-state index contributed by atoms with van der Waals surface area (Å²) in [7, 11) is 0. The highest BCUT2D eigenvalue weighted by Crippen LogP contribution is 2.29. The van der Waals surface area contributed by atoms with E-state index in [1.807, 2.05) is 6.07 Å². The van der Waals surface area contributed by atoms with E-state index in [1.54, 1.807) is 0 Å². The number of halogens is 1. The number of benzene rings is 1. The van der Waals surface area contributed by atoms with Crippen LogP contribution in [0.3, 0.4) is 0 Å². The first-order valence-electron chi connectivity index (χ1n) is 4.42. The normalized spacial score (nSPS) is 11.1. The van der Waals surface area contributed by atoms with Gasteiger partial charge in [-0.25, -0.2) is 0 Å². The Hall–Kier alpha value is -0.690. The molecule has 1 rings (SSSR count). The largest absolute Gasteiger partial charge is 0.397 e. The molecule has 2 heteroatoms. The van der Waals surface area contributed by atoms with Crippen molar-refractivity contribution in [3.8, 4) is 12.3 Å². The smallest absolute Gasteiger partial charge is 0.0608 e. The van der Waals surface area contributed by atoms with Gasteiger partial charge in [0.1, 0.15) is 0 Å². The molecule has 0 heterocycles. The third-order valence-corrected chi connectivity index (χ3v) is 3.04. The standard InChI is InChI=1S/C12H14IN/c1-5-8-6-9(12(2,3)4)7-10(13)11(8)14/h1,6-7H,14H2,2-4H3. The fraction of sp³-hybridized carbons (Fsp3) is 0.333. The van der Waals surface area contributed by atoms with E-state index in [9.17, 15) is 0 Å². The number of hydrogen-bond donors (Lipinski definition) is 1. The minimum absolute atomic E-state index is 0.110. The van der Waals surface area contributed by atoms with Crippen LogP contribution < -0.4 is 5.73 Å². The molecule has 2 N–H and O–H groups in total. The van der Waals surface area contributed by atoms with E-state index in [-0.39, 0.29) is 5.41 Å². The van der Waals surface area contributed by atoms with Gasteiger partial charge in [-0.1, -0.05) is 26.7 Å². The van der Waals surface area contributed by atoms with Crippen molar-refractivity contribution in [2.24, 2.45) is 0 Å². The number of terminal acetylenes is 1. The summed E-state index contributed by atoms with van der Waals surface area (Å²) < 4.78 is 1.03. The lowest BCUT2D eigenvalue weighted by atomic mass is 9.86. The molecule has 0 radical (unpaired) electrons. The molecule has 0 fully saturated rings. The summed E-state index contributed by atoms with van der Waals surface area (Å²) in [6.45, 7) is 6.48. The predicted molar refractivity (Wildman–Crippen MR) is 70.2 cm³/mol. The van der Waals surface area contributed by atoms with Crippen molar-refractivity contribution >= 4 is 28.3 Å². The second kappa shape index (κ2) is 3.82. The third kappa shape index (κ3) is 2.21. The molecule has 74 valence electrons. The number of hydrogen-bond acceptors (Lipinski definition) is 1. The van der Waals surface area contributed by atoms with E-state index in [1.165, 1.54) is 5.56 Å². The van der Waals surface area contributed by atoms with Crippen LogP contribution in [0, 0.1) is 15.9 Å². The van der Waals surface area contributed by atoms with Gasteiger partial charge in [-0.2, -0.15) is 0 Å². The molecular weight excluding hydrogens is 285 g/mol. The SMILES string of the molecule is C#Cc1cc(C(C)(C)C)cc(I)c1N. The third-order valence-electron chi connectivity index (χ3n) is 2.15. The van der Waals surface area contributed by atoms with Crippen molar-refractivity contribution in [3.63, 3.8) is 0 Å². The average molecular weight is 299 g/mol. The van der Waals surface area contributed by atoms with Gasteiger partial charge < -0.3 is 5.73 Å². The zero-order valence-electron chi connectivity index (χ0n) is 8.69. The van der Waals surface area contributed by atoms with E-state index in [0.717, 1.165) is 9.13 Å². The van der Waals surface area contributed by atoms with Gasteiger partial charge in [-0.3, -0.25) is 0 Å². The molecule has 0 saturated heterocycles. The molecule has 0 atom stereocenters. The first-order valence-corrected chi connectivity index (χ1v) is 5.50. The van der Waals surface area contributed by atoms with Crippen LogP contribution in [-0.4, -0.2) is 0 Å². The first-order chi connectivity index (χ1) is 6.36. The summed E-state index contributed by atoms with van der Waals surface area (Å²) >= 11 is 2.22. The van der Waals surface area contributed by atoms with Crippen molar-refractivity contribution in [1.29, 1.82) is 0 Å². The van der Waals surface area contributed by atoms with Gasteiger partial charge in [-0.15, -0.1) is 6.42 Å². The van der Waals surface area contributed by atoms with E-state index in [2.05, 4.69) is 55.3 Å². The Balaban J connectivity index is 3.40. The average Bonchev–Trinajstić information content (AvgIpc) is 2.07. The fourth-order valence-corrected chi connectivity index (χ4v) is 1.80. The lowest BCUT2D eigenvalue weighted by molar-refractivity contribution is 0.590. The molecule has 0 aliphatic heterocycles. The number of nitrogen functional groups attached to an aromatic ring is 1. The molecule has 0 aliphatic rings. The van der Waals surface area contributed by atoms with Gasteiger partial charge in [0, 0.05) is 9.13 Å². The van der Waals surface area contributed by atoms with Crippen molar-refractivity contribution in [2.45, 2.75) is 26.2 Å². The predicted octanol–water partition coefficient (Wildman–Crippen LogP) is 3.15. The highest BCUT2D eigenvalue weighted by molar-refractivity contribution is 14.1. The number of nitrogens with two attached hydrogens (primary N) is 1. The van der Waals surface area contributed by atoms with Crippen LogP contribution in [0.15, 0.2) is 12.1 Å². The molecule has 0 aromatic heterocycles. The van der Waals surface area contributed by atoms with Gasteiger partial charge in [0.15, 0.2) is 0 Å². The Morgan fingerprint density at radius 3 is 2.36 bits per heavy atom. The fourth-order valence-electron chi connectivity index (χ4n) is 1.17. The molecule has 0 bridgehead atoms. The second-order valence-corrected chi connectivity index (χ2v) is 5.48. The van der Waals surface area contributed by atoms with Crippen LogP contribution in [0.2, 0.25) is 0 Å². The Bertz CT molecular complexity index is 394. The van der Waals surface area contributed by atoms with E-state index >= 15 is 0 Å². The molecular formula is C12H14IN. The Morgan fingerprint density at radius 2 is 1.93 bits per heavy atom. The van der Waals surface area contributed by atoms with Crippen LogP contribution in [-0.2, 0) is 5.41 Å². The summed E-state index contributed by atoms with van der Waals surface area (Å²) in [4.78, 5) is 0. The summed E-state index contributed by atoms with van der Waals surface area (Å²) in [5, 5.41) is 0. The molecule has 1 aromatic rings. The maximum absolute atomic E-state index is 5.86. The van der Waals surface area contributed by atoms with Crippen molar-refractivity contribution < 1.29 is 0 Å². The maximum Gasteiger partial charge on any atom is 0.0608 e. The minimum atomic E-state index is 0.110. The zero-order chi connectivity index (χ0) is 10.9. The molecule has 0 amide bonds. The topological polar surface area (TPSA) is 26.0 Å². The molecule has 0 aliphatic carbocycles. The van der Waals surface area contributed by atoms with E-state index in [0.29, 0.717) is 5.69 Å². The Kier molecular flexibility index (Phi) is 3.10. The second-order valence-electron chi connectivity index (χ2n) is 4.31. The summed E-state index contributed by atoms with van der Waals surface area (Å²) in [6, 6.07) is 4.09. The van der Waals surface area contributed by atoms with Gasteiger partial charge in [0.05, 0.1) is 5.69 Å². The number of rotatable bonds is 0. The Morgan fingerprint density at radius 1 is 1.36 bits per heavy atom.